The Morgan fingerprint density at radius 2 is 1.96 bits per heavy atom. The monoisotopic (exact) mass is 410 g/mol. The first-order chi connectivity index (χ1) is 11.6. The SMILES string of the molecule is CC(C)S(=O)(=O)N1CCC(C)(NCC(=O)N2C[C@@H](F)C[C@H]2C#N)CC1.Cl. The zero-order valence-electron chi connectivity index (χ0n) is 15.4. The number of alkyl halides is 1. The number of hydrogen-bond donors (Lipinski definition) is 1. The van der Waals surface area contributed by atoms with Crippen LogP contribution >= 0.6 is 12.4 Å². The Hall–Kier alpha value is -0.950. The molecule has 7 nitrogen and oxygen atoms in total. The van der Waals surface area contributed by atoms with Crippen LogP contribution in [0.4, 0.5) is 4.39 Å². The number of hydrogen-bond acceptors (Lipinski definition) is 5. The highest BCUT2D eigenvalue weighted by Gasteiger charge is 2.38. The Morgan fingerprint density at radius 3 is 2.46 bits per heavy atom. The highest BCUT2D eigenvalue weighted by atomic mass is 35.5. The van der Waals surface area contributed by atoms with Crippen LogP contribution in [0.25, 0.3) is 0 Å². The molecule has 0 radical (unpaired) electrons. The number of sulfonamides is 1. The van der Waals surface area contributed by atoms with Crippen molar-refractivity contribution in [2.75, 3.05) is 26.2 Å². The topological polar surface area (TPSA) is 93.5 Å². The third-order valence-corrected chi connectivity index (χ3v) is 7.44. The summed E-state index contributed by atoms with van der Waals surface area (Å²) >= 11 is 0. The molecule has 1 amide bonds. The summed E-state index contributed by atoms with van der Waals surface area (Å²) in [6.07, 6.45) is 0.120. The summed E-state index contributed by atoms with van der Waals surface area (Å²) < 4.78 is 39.4. The van der Waals surface area contributed by atoms with E-state index in [0.29, 0.717) is 25.9 Å². The van der Waals surface area contributed by atoms with Crippen LogP contribution in [-0.4, -0.2) is 72.7 Å². The number of likely N-dealkylation sites (tertiary alicyclic amines) is 1. The van der Waals surface area contributed by atoms with E-state index in [2.05, 4.69) is 5.32 Å². The summed E-state index contributed by atoms with van der Waals surface area (Å²) in [5, 5.41) is 11.8. The molecule has 0 aromatic carbocycles. The highest BCUT2D eigenvalue weighted by Crippen LogP contribution is 2.25. The van der Waals surface area contributed by atoms with Crippen molar-refractivity contribution < 1.29 is 17.6 Å². The molecule has 0 bridgehead atoms. The van der Waals surface area contributed by atoms with Gasteiger partial charge in [-0.3, -0.25) is 4.79 Å². The summed E-state index contributed by atoms with van der Waals surface area (Å²) in [7, 11) is -3.26. The van der Waals surface area contributed by atoms with E-state index in [1.165, 1.54) is 9.21 Å². The third kappa shape index (κ3) is 5.06. The van der Waals surface area contributed by atoms with Gasteiger partial charge in [-0.25, -0.2) is 17.1 Å². The van der Waals surface area contributed by atoms with Gasteiger partial charge in [0.2, 0.25) is 15.9 Å². The van der Waals surface area contributed by atoms with E-state index in [-0.39, 0.29) is 43.4 Å². The van der Waals surface area contributed by atoms with Crippen LogP contribution in [0, 0.1) is 11.3 Å². The average molecular weight is 411 g/mol. The summed E-state index contributed by atoms with van der Waals surface area (Å²) in [6.45, 7) is 6.11. The fourth-order valence-electron chi connectivity index (χ4n) is 3.28. The van der Waals surface area contributed by atoms with Crippen LogP contribution < -0.4 is 5.32 Å². The van der Waals surface area contributed by atoms with Crippen molar-refractivity contribution in [2.24, 2.45) is 0 Å². The molecule has 10 heteroatoms. The molecular formula is C16H28ClFN4O3S. The van der Waals surface area contributed by atoms with Crippen molar-refractivity contribution in [1.29, 1.82) is 5.26 Å². The van der Waals surface area contributed by atoms with Gasteiger partial charge in [0, 0.05) is 25.0 Å². The Morgan fingerprint density at radius 1 is 1.38 bits per heavy atom. The van der Waals surface area contributed by atoms with Crippen molar-refractivity contribution in [1.82, 2.24) is 14.5 Å². The Bertz CT molecular complexity index is 644. The van der Waals surface area contributed by atoms with E-state index >= 15 is 0 Å². The minimum atomic E-state index is -3.26. The maximum Gasteiger partial charge on any atom is 0.237 e. The lowest BCUT2D eigenvalue weighted by atomic mass is 9.90. The first-order valence-corrected chi connectivity index (χ1v) is 10.2. The molecule has 0 aromatic heterocycles. The lowest BCUT2D eigenvalue weighted by Gasteiger charge is -2.40. The second-order valence-electron chi connectivity index (χ2n) is 7.43. The minimum Gasteiger partial charge on any atom is -0.323 e. The molecule has 0 spiro atoms. The largest absolute Gasteiger partial charge is 0.323 e. The van der Waals surface area contributed by atoms with E-state index < -0.39 is 27.5 Å². The van der Waals surface area contributed by atoms with Crippen molar-refractivity contribution in [3.05, 3.63) is 0 Å². The number of halogens is 2. The average Bonchev–Trinajstić information content (AvgIpc) is 2.94. The van der Waals surface area contributed by atoms with Crippen molar-refractivity contribution in [2.45, 2.75) is 63.0 Å². The smallest absolute Gasteiger partial charge is 0.237 e. The Labute approximate surface area is 161 Å². The summed E-state index contributed by atoms with van der Waals surface area (Å²) in [5.74, 6) is -0.287. The van der Waals surface area contributed by atoms with Gasteiger partial charge in [-0.15, -0.1) is 12.4 Å². The maximum absolute atomic E-state index is 13.4. The van der Waals surface area contributed by atoms with Crippen LogP contribution in [0.5, 0.6) is 0 Å². The maximum atomic E-state index is 13.4. The molecule has 2 rings (SSSR count). The zero-order chi connectivity index (χ0) is 18.8. The molecule has 2 atom stereocenters. The molecular weight excluding hydrogens is 383 g/mol. The Balaban J connectivity index is 0.00000338. The number of carbonyl (C=O) groups excluding carboxylic acids is 1. The molecule has 2 aliphatic rings. The summed E-state index contributed by atoms with van der Waals surface area (Å²) in [6, 6.07) is 1.27. The first kappa shape index (κ1) is 23.1. The zero-order valence-corrected chi connectivity index (χ0v) is 17.1. The van der Waals surface area contributed by atoms with Crippen molar-refractivity contribution in [3.63, 3.8) is 0 Å². The van der Waals surface area contributed by atoms with Crippen molar-refractivity contribution >= 4 is 28.3 Å². The van der Waals surface area contributed by atoms with E-state index in [1.54, 1.807) is 13.8 Å². The number of nitriles is 1. The van der Waals surface area contributed by atoms with Crippen LogP contribution in [0.2, 0.25) is 0 Å². The van der Waals surface area contributed by atoms with Gasteiger partial charge in [0.05, 0.1) is 24.4 Å². The second-order valence-corrected chi connectivity index (χ2v) is 9.92. The number of nitrogens with one attached hydrogen (secondary N) is 1. The van der Waals surface area contributed by atoms with Gasteiger partial charge in [0.1, 0.15) is 12.2 Å². The second kappa shape index (κ2) is 8.83. The summed E-state index contributed by atoms with van der Waals surface area (Å²) in [5.41, 5.74) is -0.352. The van der Waals surface area contributed by atoms with Gasteiger partial charge >= 0.3 is 0 Å². The molecule has 0 unspecified atom stereocenters. The normalized spacial score (nSPS) is 26.4. The standard InChI is InChI=1S/C16H27FN4O3S.ClH/c1-12(2)25(23,24)20-6-4-16(3,5-7-20)19-10-15(22)21-11-13(17)8-14(21)9-18;/h12-14,19H,4-8,10-11H2,1-3H3;1H/t13-,14-;/m0./s1. The van der Waals surface area contributed by atoms with Gasteiger partial charge in [-0.2, -0.15) is 5.26 Å². The fourth-order valence-corrected chi connectivity index (χ4v) is 4.57. The molecule has 2 saturated heterocycles. The number of amides is 1. The predicted molar refractivity (Wildman–Crippen MR) is 99.1 cm³/mol. The minimum absolute atomic E-state index is 0. The molecule has 2 heterocycles. The number of piperidine rings is 1. The molecule has 0 saturated carbocycles. The molecule has 2 fully saturated rings. The van der Waals surface area contributed by atoms with Crippen LogP contribution in [0.15, 0.2) is 0 Å². The predicted octanol–water partition coefficient (Wildman–Crippen LogP) is 1.05. The molecule has 150 valence electrons. The van der Waals surface area contributed by atoms with Gasteiger partial charge in [0.15, 0.2) is 0 Å². The van der Waals surface area contributed by atoms with Crippen LogP contribution in [0.3, 0.4) is 0 Å². The lowest BCUT2D eigenvalue weighted by Crippen LogP contribution is -2.55. The molecule has 2 aliphatic heterocycles. The Kier molecular flexibility index (Phi) is 7.84. The fraction of sp³-hybridized carbons (Fsp3) is 0.875. The van der Waals surface area contributed by atoms with Crippen molar-refractivity contribution in [3.8, 4) is 6.07 Å². The molecule has 0 aliphatic carbocycles. The van der Waals surface area contributed by atoms with E-state index in [1.807, 2.05) is 13.0 Å². The van der Waals surface area contributed by atoms with Crippen LogP contribution in [-0.2, 0) is 14.8 Å². The lowest BCUT2D eigenvalue weighted by molar-refractivity contribution is -0.130. The quantitative estimate of drug-likeness (QED) is 0.731. The van der Waals surface area contributed by atoms with E-state index in [0.717, 1.165) is 0 Å². The van der Waals surface area contributed by atoms with Crippen LogP contribution in [0.1, 0.15) is 40.0 Å². The number of carbonyl (C=O) groups is 1. The highest BCUT2D eigenvalue weighted by molar-refractivity contribution is 7.89. The number of rotatable bonds is 5. The molecule has 26 heavy (non-hydrogen) atoms. The van der Waals surface area contributed by atoms with Gasteiger partial charge < -0.3 is 10.2 Å². The summed E-state index contributed by atoms with van der Waals surface area (Å²) in [4.78, 5) is 13.6. The van der Waals surface area contributed by atoms with Gasteiger partial charge in [-0.05, 0) is 33.6 Å². The van der Waals surface area contributed by atoms with E-state index in [4.69, 9.17) is 5.26 Å². The molecule has 1 N–H and O–H groups in total. The third-order valence-electron chi connectivity index (χ3n) is 5.17. The van der Waals surface area contributed by atoms with Gasteiger partial charge in [0.25, 0.3) is 0 Å². The van der Waals surface area contributed by atoms with E-state index in [9.17, 15) is 17.6 Å². The number of nitrogens with zero attached hydrogens (tertiary/aromatic N) is 3. The molecule has 0 aromatic rings. The van der Waals surface area contributed by atoms with Gasteiger partial charge in [-0.1, -0.05) is 0 Å². The first-order valence-electron chi connectivity index (χ1n) is 8.66.